The number of aliphatic hydroxyl groups excluding tert-OH is 5. The van der Waals surface area contributed by atoms with Crippen LogP contribution in [0.1, 0.15) is 13.2 Å². The van der Waals surface area contributed by atoms with E-state index in [1.807, 2.05) is 4.98 Å². The van der Waals surface area contributed by atoms with Gasteiger partial charge in [-0.05, 0) is 0 Å². The highest BCUT2D eigenvalue weighted by Gasteiger charge is 2.49. The lowest BCUT2D eigenvalue weighted by molar-refractivity contribution is -0.373. The third-order valence-corrected chi connectivity index (χ3v) is 7.95. The zero-order chi connectivity index (χ0) is 30.0. The highest BCUT2D eigenvalue weighted by atomic mass is 31.3. The number of phosphoric acid groups is 2. The van der Waals surface area contributed by atoms with Crippen molar-refractivity contribution in [3.8, 4) is 0 Å². The first-order chi connectivity index (χ1) is 18.5. The molecule has 1 aromatic heterocycles. The van der Waals surface area contributed by atoms with Crippen LogP contribution in [0.5, 0.6) is 0 Å². The number of nitrogens with zero attached hydrogens (tertiary/aromatic N) is 1. The van der Waals surface area contributed by atoms with Gasteiger partial charge in [0.15, 0.2) is 6.23 Å². The van der Waals surface area contributed by atoms with Crippen molar-refractivity contribution in [2.24, 2.45) is 0 Å². The van der Waals surface area contributed by atoms with Crippen LogP contribution in [-0.2, 0) is 41.8 Å². The van der Waals surface area contributed by atoms with Crippen molar-refractivity contribution in [2.45, 2.75) is 62.1 Å². The highest BCUT2D eigenvalue weighted by Crippen LogP contribution is 2.61. The highest BCUT2D eigenvalue weighted by molar-refractivity contribution is 7.61. The summed E-state index contributed by atoms with van der Waals surface area (Å²) in [6.45, 7) is -0.890. The number of ether oxygens (including phenoxy) is 2. The quantitative estimate of drug-likeness (QED) is 0.0635. The van der Waals surface area contributed by atoms with Crippen LogP contribution in [0.3, 0.4) is 0 Å². The van der Waals surface area contributed by atoms with Gasteiger partial charge in [-0.2, -0.15) is 9.20 Å². The molecule has 2 aliphatic heterocycles. The van der Waals surface area contributed by atoms with Crippen molar-refractivity contribution in [1.82, 2.24) is 14.9 Å². The van der Waals surface area contributed by atoms with Crippen LogP contribution in [-0.4, -0.2) is 113 Å². The summed E-state index contributed by atoms with van der Waals surface area (Å²) < 4.78 is 48.2. The molecule has 0 spiro atoms. The molecule has 11 atom stereocenters. The fraction of sp³-hybridized carbons (Fsp3) is 0.706. The molecule has 9 N–H and O–H groups in total. The normalized spacial score (nSPS) is 35.5. The van der Waals surface area contributed by atoms with E-state index in [2.05, 4.69) is 23.7 Å². The lowest BCUT2D eigenvalue weighted by Gasteiger charge is -2.41. The van der Waals surface area contributed by atoms with E-state index in [9.17, 15) is 58.8 Å². The minimum Gasteiger partial charge on any atom is -0.394 e. The maximum Gasteiger partial charge on any atom is 0.508 e. The zero-order valence-electron chi connectivity index (χ0n) is 20.2. The van der Waals surface area contributed by atoms with Crippen molar-refractivity contribution in [3.05, 3.63) is 33.1 Å². The lowest BCUT2D eigenvalue weighted by atomic mass is 9.97. The van der Waals surface area contributed by atoms with E-state index in [-0.39, 0.29) is 0 Å². The van der Waals surface area contributed by atoms with Crippen molar-refractivity contribution >= 4 is 21.6 Å². The number of aromatic nitrogens is 2. The molecule has 0 bridgehead atoms. The molecule has 1 aromatic rings. The Kier molecular flexibility index (Phi) is 10.6. The first-order valence-electron chi connectivity index (χ1n) is 11.1. The van der Waals surface area contributed by atoms with Gasteiger partial charge in [0.2, 0.25) is 12.2 Å². The Labute approximate surface area is 222 Å². The second kappa shape index (κ2) is 12.9. The second-order valence-electron chi connectivity index (χ2n) is 8.48. The van der Waals surface area contributed by atoms with Gasteiger partial charge in [0.1, 0.15) is 42.7 Å². The summed E-state index contributed by atoms with van der Waals surface area (Å²) in [7, 11) is -11.2. The van der Waals surface area contributed by atoms with Crippen molar-refractivity contribution in [3.63, 3.8) is 0 Å². The van der Waals surface area contributed by atoms with Gasteiger partial charge in [0.25, 0.3) is 5.56 Å². The largest absolute Gasteiger partial charge is 0.508 e. The predicted molar refractivity (Wildman–Crippen MR) is 121 cm³/mol. The molecule has 3 heterocycles. The standard InChI is InChI=1S/C17H27N3O18P2/c1-6(22)18-10-13(26)11(24)7(4-21)35-16(10)36-37-40(31,32)38-39(29,30)33-5-8-12(25)14(27)15(34-8)20-3-2-9(23)19-17(20)28/h2-3,7-8,10-16,21,24-27H,4-5H2,1H3,(H,18,22)(H,29,30)(H,31,32)(H,19,23,28)/t7?,8-,10?,11+,12-,13?,14-,15-,16+/m0/s1. The molecule has 21 nitrogen and oxygen atoms in total. The van der Waals surface area contributed by atoms with Crippen molar-refractivity contribution in [2.75, 3.05) is 13.2 Å². The van der Waals surface area contributed by atoms with E-state index in [0.717, 1.165) is 23.8 Å². The van der Waals surface area contributed by atoms with Crippen LogP contribution in [0.25, 0.3) is 0 Å². The molecule has 3 rings (SSSR count). The minimum atomic E-state index is -5.66. The van der Waals surface area contributed by atoms with E-state index in [1.54, 1.807) is 0 Å². The summed E-state index contributed by atoms with van der Waals surface area (Å²) in [5.74, 6) is -0.762. The number of carbonyl (C=O) groups excluding carboxylic acids is 1. The molecule has 2 fully saturated rings. The van der Waals surface area contributed by atoms with Gasteiger partial charge in [0.05, 0.1) is 13.2 Å². The summed E-state index contributed by atoms with van der Waals surface area (Å²) in [5, 5.41) is 51.8. The third-order valence-electron chi connectivity index (χ3n) is 5.55. The van der Waals surface area contributed by atoms with Gasteiger partial charge in [-0.15, -0.1) is 4.67 Å². The predicted octanol–water partition coefficient (Wildman–Crippen LogP) is -4.72. The third kappa shape index (κ3) is 7.88. The molecule has 0 radical (unpaired) electrons. The van der Waals surface area contributed by atoms with Crippen LogP contribution >= 0.6 is 15.6 Å². The van der Waals surface area contributed by atoms with E-state index in [4.69, 9.17) is 9.47 Å². The number of aromatic amines is 1. The number of amides is 1. The maximum absolute atomic E-state index is 12.2. The minimum absolute atomic E-state index is 0.719. The van der Waals surface area contributed by atoms with Crippen molar-refractivity contribution < 1.29 is 77.1 Å². The SMILES string of the molecule is CC(=O)NC1C(O)[C@H](O)C(CO)O[C@@H]1OOP(=O)(O)OP(=O)(O)OC[C@@H]1O[C@H](n2ccc(=O)[nH]c2=O)[C@@H](O)[C@H]1O. The molecule has 40 heavy (non-hydrogen) atoms. The van der Waals surface area contributed by atoms with Gasteiger partial charge in [0, 0.05) is 19.2 Å². The number of phosphoric ester groups is 1. The van der Waals surface area contributed by atoms with Crippen LogP contribution in [0, 0.1) is 0 Å². The molecule has 0 aliphatic carbocycles. The Morgan fingerprint density at radius 2 is 1.70 bits per heavy atom. The first kappa shape index (κ1) is 32.6. The summed E-state index contributed by atoms with van der Waals surface area (Å²) in [6.07, 6.45) is -12.8. The molecule has 0 aromatic carbocycles. The first-order valence-corrected chi connectivity index (χ1v) is 14.1. The van der Waals surface area contributed by atoms with E-state index in [1.165, 1.54) is 0 Å². The molecular formula is C17H27N3O18P2. The molecule has 23 heteroatoms. The topological polar surface area (TPSA) is 315 Å². The molecular weight excluding hydrogens is 596 g/mol. The number of carbonyl (C=O) groups is 1. The molecule has 1 amide bonds. The Morgan fingerprint density at radius 3 is 2.30 bits per heavy atom. The number of hydrogen-bond donors (Lipinski definition) is 9. The number of nitrogens with one attached hydrogen (secondary N) is 2. The Balaban J connectivity index is 1.60. The smallest absolute Gasteiger partial charge is 0.394 e. The molecule has 2 saturated heterocycles. The maximum atomic E-state index is 12.2. The van der Waals surface area contributed by atoms with Crippen LogP contribution in [0.4, 0.5) is 0 Å². The molecule has 5 unspecified atom stereocenters. The number of H-pyrrole nitrogens is 1. The van der Waals surface area contributed by atoms with Gasteiger partial charge in [-0.1, -0.05) is 0 Å². The summed E-state index contributed by atoms with van der Waals surface area (Å²) in [4.78, 5) is 60.6. The van der Waals surface area contributed by atoms with Crippen LogP contribution in [0.15, 0.2) is 21.9 Å². The zero-order valence-corrected chi connectivity index (χ0v) is 22.0. The van der Waals surface area contributed by atoms with E-state index >= 15 is 0 Å². The summed E-state index contributed by atoms with van der Waals surface area (Å²) in [6, 6.07) is -0.684. The summed E-state index contributed by atoms with van der Waals surface area (Å²) in [5.41, 5.74) is -1.76. The lowest BCUT2D eigenvalue weighted by Crippen LogP contribution is -2.64. The van der Waals surface area contributed by atoms with Crippen molar-refractivity contribution in [1.29, 1.82) is 0 Å². The molecule has 2 aliphatic rings. The Hall–Kier alpha value is -1.91. The Morgan fingerprint density at radius 1 is 1.05 bits per heavy atom. The molecule has 0 saturated carbocycles. The fourth-order valence-electron chi connectivity index (χ4n) is 3.71. The monoisotopic (exact) mass is 623 g/mol. The fourth-order valence-corrected chi connectivity index (χ4v) is 5.58. The number of aliphatic hydroxyl groups is 5. The number of rotatable bonds is 11. The van der Waals surface area contributed by atoms with Gasteiger partial charge in [-0.25, -0.2) is 13.9 Å². The van der Waals surface area contributed by atoms with Crippen LogP contribution < -0.4 is 16.6 Å². The van der Waals surface area contributed by atoms with E-state index in [0.29, 0.717) is 0 Å². The van der Waals surface area contributed by atoms with Crippen LogP contribution in [0.2, 0.25) is 0 Å². The van der Waals surface area contributed by atoms with Gasteiger partial charge < -0.3 is 50.1 Å². The van der Waals surface area contributed by atoms with Gasteiger partial charge in [-0.3, -0.25) is 23.7 Å². The average Bonchev–Trinajstić information content (AvgIpc) is 3.13. The molecule has 228 valence electrons. The summed E-state index contributed by atoms with van der Waals surface area (Å²) >= 11 is 0. The number of hydrogen-bond acceptors (Lipinski definition) is 16. The second-order valence-corrected chi connectivity index (χ2v) is 11.4. The Bertz CT molecular complexity index is 1260. The average molecular weight is 623 g/mol. The van der Waals surface area contributed by atoms with E-state index < -0.39 is 101 Å². The van der Waals surface area contributed by atoms with Gasteiger partial charge >= 0.3 is 21.3 Å².